The van der Waals surface area contributed by atoms with Gasteiger partial charge in [0.2, 0.25) is 5.91 Å². The Kier molecular flexibility index (Phi) is 5.18. The van der Waals surface area contributed by atoms with E-state index in [9.17, 15) is 9.90 Å². The van der Waals surface area contributed by atoms with Crippen molar-refractivity contribution >= 4 is 5.91 Å². The van der Waals surface area contributed by atoms with Gasteiger partial charge in [-0.25, -0.2) is 0 Å². The molecule has 1 amide bonds. The Morgan fingerprint density at radius 2 is 2.06 bits per heavy atom. The SMILES string of the molecule is CN(CC1(O)CCOCC1)C(=O)CCCO. The Morgan fingerprint density at radius 3 is 2.62 bits per heavy atom. The number of ether oxygens (including phenoxy) is 1. The number of hydrogen-bond acceptors (Lipinski definition) is 4. The molecule has 1 saturated heterocycles. The highest BCUT2D eigenvalue weighted by Gasteiger charge is 2.32. The second-order valence-electron chi connectivity index (χ2n) is 4.41. The van der Waals surface area contributed by atoms with Gasteiger partial charge in [0.1, 0.15) is 0 Å². The van der Waals surface area contributed by atoms with Crippen LogP contribution in [0.5, 0.6) is 0 Å². The molecule has 0 unspecified atom stereocenters. The molecule has 1 rings (SSSR count). The number of aliphatic hydroxyl groups is 2. The van der Waals surface area contributed by atoms with E-state index in [1.165, 1.54) is 0 Å². The highest BCUT2D eigenvalue weighted by molar-refractivity contribution is 5.75. The van der Waals surface area contributed by atoms with E-state index >= 15 is 0 Å². The zero-order chi connectivity index (χ0) is 12.0. The molecule has 0 saturated carbocycles. The fraction of sp³-hybridized carbons (Fsp3) is 0.909. The standard InChI is InChI=1S/C11H21NO4/c1-12(10(14)3-2-6-13)9-11(15)4-7-16-8-5-11/h13,15H,2-9H2,1H3. The van der Waals surface area contributed by atoms with Crippen molar-refractivity contribution in [3.05, 3.63) is 0 Å². The Bertz CT molecular complexity index is 226. The number of likely N-dealkylation sites (N-methyl/N-ethyl adjacent to an activating group) is 1. The monoisotopic (exact) mass is 231 g/mol. The van der Waals surface area contributed by atoms with Gasteiger partial charge >= 0.3 is 0 Å². The van der Waals surface area contributed by atoms with Crippen molar-refractivity contribution < 1.29 is 19.7 Å². The van der Waals surface area contributed by atoms with Crippen LogP contribution in [0.15, 0.2) is 0 Å². The summed E-state index contributed by atoms with van der Waals surface area (Å²) in [6.45, 7) is 1.47. The van der Waals surface area contributed by atoms with Crippen LogP contribution in [0, 0.1) is 0 Å². The van der Waals surface area contributed by atoms with Crippen molar-refractivity contribution in [2.24, 2.45) is 0 Å². The van der Waals surface area contributed by atoms with Gasteiger partial charge in [-0.05, 0) is 6.42 Å². The van der Waals surface area contributed by atoms with E-state index in [1.54, 1.807) is 11.9 Å². The van der Waals surface area contributed by atoms with Crippen LogP contribution in [0.2, 0.25) is 0 Å². The van der Waals surface area contributed by atoms with Crippen LogP contribution in [0.1, 0.15) is 25.7 Å². The van der Waals surface area contributed by atoms with E-state index in [4.69, 9.17) is 9.84 Å². The van der Waals surface area contributed by atoms with Gasteiger partial charge in [-0.15, -0.1) is 0 Å². The lowest BCUT2D eigenvalue weighted by molar-refractivity contribution is -0.137. The predicted octanol–water partition coefficient (Wildman–Crippen LogP) is -0.241. The third-order valence-corrected chi connectivity index (χ3v) is 2.93. The third kappa shape index (κ3) is 4.08. The van der Waals surface area contributed by atoms with E-state index < -0.39 is 5.60 Å². The van der Waals surface area contributed by atoms with Crippen molar-refractivity contribution in [3.63, 3.8) is 0 Å². The molecule has 2 N–H and O–H groups in total. The average molecular weight is 231 g/mol. The number of nitrogens with zero attached hydrogens (tertiary/aromatic N) is 1. The number of carbonyl (C=O) groups excluding carboxylic acids is 1. The smallest absolute Gasteiger partial charge is 0.222 e. The summed E-state index contributed by atoms with van der Waals surface area (Å²) >= 11 is 0. The minimum absolute atomic E-state index is 0.0255. The van der Waals surface area contributed by atoms with E-state index in [0.29, 0.717) is 45.4 Å². The minimum Gasteiger partial charge on any atom is -0.396 e. The Morgan fingerprint density at radius 1 is 1.44 bits per heavy atom. The first kappa shape index (κ1) is 13.4. The van der Waals surface area contributed by atoms with Gasteiger partial charge in [0.15, 0.2) is 0 Å². The van der Waals surface area contributed by atoms with Crippen molar-refractivity contribution in [1.29, 1.82) is 0 Å². The normalized spacial score (nSPS) is 19.4. The number of carbonyl (C=O) groups is 1. The van der Waals surface area contributed by atoms with Crippen LogP contribution < -0.4 is 0 Å². The van der Waals surface area contributed by atoms with Gasteiger partial charge in [-0.2, -0.15) is 0 Å². The Labute approximate surface area is 96.0 Å². The van der Waals surface area contributed by atoms with Gasteiger partial charge in [0.25, 0.3) is 0 Å². The van der Waals surface area contributed by atoms with Crippen LogP contribution in [0.3, 0.4) is 0 Å². The molecule has 0 aromatic carbocycles. The zero-order valence-corrected chi connectivity index (χ0v) is 9.81. The molecule has 0 radical (unpaired) electrons. The molecule has 94 valence electrons. The maximum absolute atomic E-state index is 11.6. The van der Waals surface area contributed by atoms with Gasteiger partial charge in [0, 0.05) is 52.7 Å². The molecule has 0 spiro atoms. The molecule has 0 bridgehead atoms. The molecule has 1 fully saturated rings. The van der Waals surface area contributed by atoms with E-state index in [2.05, 4.69) is 0 Å². The average Bonchev–Trinajstić information content (AvgIpc) is 2.26. The van der Waals surface area contributed by atoms with Crippen LogP contribution in [0.4, 0.5) is 0 Å². The van der Waals surface area contributed by atoms with Crippen LogP contribution in [0.25, 0.3) is 0 Å². The number of aliphatic hydroxyl groups excluding tert-OH is 1. The summed E-state index contributed by atoms with van der Waals surface area (Å²) < 4.78 is 5.18. The lowest BCUT2D eigenvalue weighted by Crippen LogP contribution is -2.47. The molecule has 1 aliphatic rings. The van der Waals surface area contributed by atoms with Crippen LogP contribution >= 0.6 is 0 Å². The summed E-state index contributed by atoms with van der Waals surface area (Å²) in [5, 5.41) is 18.8. The minimum atomic E-state index is -0.804. The number of rotatable bonds is 5. The van der Waals surface area contributed by atoms with Gasteiger partial charge in [-0.3, -0.25) is 4.79 Å². The first-order valence-corrected chi connectivity index (χ1v) is 5.72. The van der Waals surface area contributed by atoms with Gasteiger partial charge in [0.05, 0.1) is 5.60 Å². The number of hydrogen-bond donors (Lipinski definition) is 2. The molecule has 0 aliphatic carbocycles. The van der Waals surface area contributed by atoms with Gasteiger partial charge < -0.3 is 19.8 Å². The van der Waals surface area contributed by atoms with Crippen molar-refractivity contribution in [2.75, 3.05) is 33.4 Å². The molecular weight excluding hydrogens is 210 g/mol. The molecule has 0 aromatic rings. The molecular formula is C11H21NO4. The molecule has 1 heterocycles. The van der Waals surface area contributed by atoms with Gasteiger partial charge in [-0.1, -0.05) is 0 Å². The zero-order valence-electron chi connectivity index (χ0n) is 9.81. The van der Waals surface area contributed by atoms with Crippen molar-refractivity contribution in [2.45, 2.75) is 31.3 Å². The topological polar surface area (TPSA) is 70.0 Å². The van der Waals surface area contributed by atoms with Crippen LogP contribution in [-0.2, 0) is 9.53 Å². The maximum Gasteiger partial charge on any atom is 0.222 e. The van der Waals surface area contributed by atoms with Crippen molar-refractivity contribution in [1.82, 2.24) is 4.90 Å². The fourth-order valence-corrected chi connectivity index (χ4v) is 1.86. The van der Waals surface area contributed by atoms with Crippen molar-refractivity contribution in [3.8, 4) is 0 Å². The summed E-state index contributed by atoms with van der Waals surface area (Å²) in [6.07, 6.45) is 1.96. The summed E-state index contributed by atoms with van der Waals surface area (Å²) in [5.41, 5.74) is -0.804. The van der Waals surface area contributed by atoms with E-state index in [1.807, 2.05) is 0 Å². The Hall–Kier alpha value is -0.650. The van der Waals surface area contributed by atoms with E-state index in [0.717, 1.165) is 0 Å². The molecule has 5 heteroatoms. The second kappa shape index (κ2) is 6.18. The molecule has 0 aromatic heterocycles. The molecule has 0 atom stereocenters. The summed E-state index contributed by atoms with van der Waals surface area (Å²) in [4.78, 5) is 13.1. The summed E-state index contributed by atoms with van der Waals surface area (Å²) in [6, 6.07) is 0. The first-order valence-electron chi connectivity index (χ1n) is 5.72. The highest BCUT2D eigenvalue weighted by Crippen LogP contribution is 2.21. The first-order chi connectivity index (χ1) is 7.57. The summed E-state index contributed by atoms with van der Waals surface area (Å²) in [5.74, 6) is -0.0334. The number of amides is 1. The quantitative estimate of drug-likeness (QED) is 0.685. The maximum atomic E-state index is 11.6. The lowest BCUT2D eigenvalue weighted by atomic mass is 9.94. The predicted molar refractivity (Wildman–Crippen MR) is 59.0 cm³/mol. The molecule has 16 heavy (non-hydrogen) atoms. The lowest BCUT2D eigenvalue weighted by Gasteiger charge is -2.35. The van der Waals surface area contributed by atoms with E-state index in [-0.39, 0.29) is 12.5 Å². The third-order valence-electron chi connectivity index (χ3n) is 2.93. The van der Waals surface area contributed by atoms with Crippen LogP contribution in [-0.4, -0.2) is 60.0 Å². The Balaban J connectivity index is 2.36. The fourth-order valence-electron chi connectivity index (χ4n) is 1.86. The largest absolute Gasteiger partial charge is 0.396 e. The summed E-state index contributed by atoms with van der Waals surface area (Å²) in [7, 11) is 1.69. The highest BCUT2D eigenvalue weighted by atomic mass is 16.5. The molecule has 5 nitrogen and oxygen atoms in total. The second-order valence-corrected chi connectivity index (χ2v) is 4.41. The molecule has 1 aliphatic heterocycles.